The van der Waals surface area contributed by atoms with Crippen molar-refractivity contribution >= 4 is 148 Å². The van der Waals surface area contributed by atoms with Crippen LogP contribution in [-0.2, 0) is 112 Å². The van der Waals surface area contributed by atoms with Crippen molar-refractivity contribution in [3.05, 3.63) is 71.5 Å². The quantitative estimate of drug-likeness (QED) is 0.0166. The minimum atomic E-state index is -2.07. The van der Waals surface area contributed by atoms with Crippen molar-refractivity contribution in [1.82, 2.24) is 117 Å². The van der Waals surface area contributed by atoms with Crippen molar-refractivity contribution in [3.8, 4) is 0 Å². The van der Waals surface area contributed by atoms with Gasteiger partial charge in [0.15, 0.2) is 11.9 Å². The molecule has 2 heterocycles. The molecule has 4 rings (SSSR count). The molecule has 0 aromatic heterocycles. The smallest absolute Gasteiger partial charge is 0.251 e. The lowest BCUT2D eigenvalue weighted by Crippen LogP contribution is -2.61. The minimum absolute atomic E-state index is 0.0271. The molecule has 58 heteroatoms. The number of aliphatic hydroxyl groups is 2. The molecule has 0 bridgehead atoms. The summed E-state index contributed by atoms with van der Waals surface area (Å²) in [7, 11) is 0. The minimum Gasteiger partial charge on any atom is -0.394 e. The van der Waals surface area contributed by atoms with Crippen molar-refractivity contribution in [2.45, 2.75) is 258 Å². The fraction of sp³-hybridized carbons (Fsp3) is 0.589. The van der Waals surface area contributed by atoms with Gasteiger partial charge in [0.1, 0.15) is 90.4 Å². The molecule has 2 saturated heterocycles. The lowest BCUT2D eigenvalue weighted by Gasteiger charge is -2.28. The lowest BCUT2D eigenvalue weighted by atomic mass is 10.0. The maximum atomic E-state index is 15.1. The summed E-state index contributed by atoms with van der Waals surface area (Å²) in [5.41, 5.74) is 45.6. The van der Waals surface area contributed by atoms with E-state index in [1.54, 1.807) is 18.2 Å². The molecule has 148 heavy (non-hydrogen) atoms. The summed E-state index contributed by atoms with van der Waals surface area (Å²) in [6, 6.07) is -12.1. The number of nitrogens with two attached hydrogens (primary N) is 8. The monoisotopic (exact) mass is 2090 g/mol. The zero-order valence-corrected chi connectivity index (χ0v) is 82.3. The molecule has 0 aliphatic carbocycles. The standard InChI is InChI=1S/C90H143FN32O25/c1-48(125)73(123-86(146)61(39-49-26-28-51(91)29-27-49)111-71(132)45-107-69(130)43-106-70(131)44-108-75(135)50-17-3-2-4-18-50)88(148)109-46-72(133)110-52-22-8-13-36-103-68(129)42-63(121-87(147)64(47-124)122-82(142)55(21-7-12-34-94)114-79(139)57(116-76(52)136)24-15-37-104-89(98)99)85(145)117-58(25-16-38-105-90(100)101)80(140)112-53(19-5-10-32-92)77(137)115-56-23-9-14-35-102-67(128)41-60(74(97)134)119-83(143)59(30-31-65(95)126)118-84(144)62(40-66(96)127)120-81(141)54(113-78(56)138)20-6-11-33-93/h2-4,17-18,26-29,48,52-64,73,124-125H,5-16,19-25,30-47,92-94H2,1H3,(H2,95,126)(H2,96,127)(H2,97,134)(H,102,128)(H,103,129)(H,106,131)(H,107,130)(H,108,135)(H,109,148)(H,110,133)(H,111,132)(H,112,140)(H,113,138)(H,114,139)(H,115,137)(H,116,136)(H,117,145)(H,118,144)(H,119,143)(H,120,141)(H,121,147)(H,122,142)(H,123,146)(H4,98,99,104)(H4,100,101,105)/t48-,52+,53+,54+,55+,56+,57+,58+,59+,60+,61+,62+,63+,64+,73+/m1/s1. The number of hydrogen-bond donors (Lipinski definition) is 34. The highest BCUT2D eigenvalue weighted by Gasteiger charge is 2.40. The number of benzene rings is 2. The van der Waals surface area contributed by atoms with Crippen molar-refractivity contribution in [3.63, 3.8) is 0 Å². The average molecular weight is 2090 g/mol. The summed E-state index contributed by atoms with van der Waals surface area (Å²) in [5, 5.41) is 90.8. The number of unbranched alkanes of at least 4 members (excludes halogenated alkanes) is 3. The Balaban J connectivity index is 1.72. The highest BCUT2D eigenvalue weighted by Crippen LogP contribution is 2.16. The average Bonchev–Trinajstić information content (AvgIpc) is 0.852. The van der Waals surface area contributed by atoms with E-state index in [0.717, 1.165) is 19.1 Å². The second-order valence-corrected chi connectivity index (χ2v) is 35.0. The van der Waals surface area contributed by atoms with E-state index in [1.165, 1.54) is 24.3 Å². The van der Waals surface area contributed by atoms with Gasteiger partial charge in [-0.15, -0.1) is 0 Å². The number of primary amides is 3. The third kappa shape index (κ3) is 49.4. The number of aliphatic hydroxyl groups excluding tert-OH is 2. The third-order valence-corrected chi connectivity index (χ3v) is 22.8. The number of halogens is 1. The van der Waals surface area contributed by atoms with Gasteiger partial charge in [-0.05, 0) is 185 Å². The van der Waals surface area contributed by atoms with Gasteiger partial charge in [-0.3, -0.25) is 121 Å². The van der Waals surface area contributed by atoms with Gasteiger partial charge in [-0.25, -0.2) is 4.39 Å². The summed E-state index contributed by atoms with van der Waals surface area (Å²) in [6.07, 6.45) is -7.28. The summed E-state index contributed by atoms with van der Waals surface area (Å²) in [6.45, 7) is -3.67. The molecule has 57 nitrogen and oxygen atoms in total. The van der Waals surface area contributed by atoms with Crippen molar-refractivity contribution in [2.24, 2.45) is 45.9 Å². The van der Waals surface area contributed by atoms with Crippen LogP contribution in [0.2, 0.25) is 0 Å². The van der Waals surface area contributed by atoms with E-state index in [0.29, 0.717) is 0 Å². The van der Waals surface area contributed by atoms with Crippen LogP contribution < -0.4 is 163 Å². The molecular weight excluding hydrogens is 1950 g/mol. The fourth-order valence-corrected chi connectivity index (χ4v) is 14.8. The molecule has 820 valence electrons. The first kappa shape index (κ1) is 125. The SMILES string of the molecule is C[C@@H](O)[C@H](NC(=O)[C@H](Cc1ccc(F)cc1)NC(=O)CNC(=O)CNC(=O)CNC(=O)c1ccccc1)C(=O)NCC(=O)N[C@H]1CCCCNC(=O)C[C@@H](C(=O)N[C@@H](CCCNC(=N)N)C(=O)N[C@@H](CCCCN)C(=O)N[C@H]2CCCCNC(=O)C[C@@H](C(N)=O)NC(=O)[C@H](CCC(N)=O)NC(=O)[C@H](CC(N)=O)NC(=O)[C@H](CCCCN)NC2=O)NC(=O)[C@H](CO)NC(=O)[C@H](CCCCN)NC(=O)[C@H](CCCNC(=N)N)NC1=O. The van der Waals surface area contributed by atoms with Gasteiger partial charge >= 0.3 is 0 Å². The van der Waals surface area contributed by atoms with Crippen LogP contribution in [0.15, 0.2) is 54.6 Å². The van der Waals surface area contributed by atoms with Crippen molar-refractivity contribution in [2.75, 3.05) is 78.6 Å². The molecule has 0 unspecified atom stereocenters. The fourth-order valence-electron chi connectivity index (χ4n) is 14.8. The second kappa shape index (κ2) is 68.0. The Morgan fingerprint density at radius 3 is 1.40 bits per heavy atom. The number of carbonyl (C=O) groups is 23. The Labute approximate surface area is 851 Å². The molecule has 2 aliphatic heterocycles. The van der Waals surface area contributed by atoms with E-state index in [9.17, 15) is 110 Å². The number of rotatable bonds is 50. The molecule has 15 atom stereocenters. The van der Waals surface area contributed by atoms with Crippen LogP contribution >= 0.6 is 0 Å². The van der Waals surface area contributed by atoms with E-state index < -0.39 is 316 Å². The van der Waals surface area contributed by atoms with Crippen LogP contribution in [-0.4, -0.2) is 327 Å². The van der Waals surface area contributed by atoms with Gasteiger partial charge in [-0.1, -0.05) is 30.3 Å². The van der Waals surface area contributed by atoms with Gasteiger partial charge in [-0.2, -0.15) is 0 Å². The number of hydrogen-bond acceptors (Lipinski definition) is 30. The Morgan fingerprint density at radius 2 is 0.872 bits per heavy atom. The van der Waals surface area contributed by atoms with Gasteiger partial charge in [0.25, 0.3) is 5.91 Å². The first-order chi connectivity index (χ1) is 70.3. The van der Waals surface area contributed by atoms with Crippen LogP contribution in [0.3, 0.4) is 0 Å². The van der Waals surface area contributed by atoms with Gasteiger partial charge in [0, 0.05) is 44.6 Å². The second-order valence-electron chi connectivity index (χ2n) is 35.0. The van der Waals surface area contributed by atoms with E-state index in [2.05, 4.69) is 117 Å². The van der Waals surface area contributed by atoms with Crippen LogP contribution in [0, 0.1) is 16.6 Å². The molecule has 0 radical (unpaired) electrons. The Hall–Kier alpha value is -15.5. The number of guanidine groups is 2. The molecule has 0 saturated carbocycles. The molecule has 2 fully saturated rings. The van der Waals surface area contributed by atoms with E-state index in [4.69, 9.17) is 56.7 Å². The number of amides is 23. The topological polar surface area (TPSA) is 954 Å². The van der Waals surface area contributed by atoms with Gasteiger partial charge in [0.2, 0.25) is 130 Å². The molecular formula is C90H143FN32O25. The lowest BCUT2D eigenvalue weighted by molar-refractivity contribution is -0.137. The predicted octanol–water partition coefficient (Wildman–Crippen LogP) is -13.8. The van der Waals surface area contributed by atoms with Crippen LogP contribution in [0.4, 0.5) is 4.39 Å². The molecule has 2 aromatic rings. The van der Waals surface area contributed by atoms with E-state index in [-0.39, 0.29) is 179 Å². The Morgan fingerprint density at radius 1 is 0.426 bits per heavy atom. The highest BCUT2D eigenvalue weighted by molar-refractivity contribution is 6.03. The number of nitrogens with one attached hydrogen (secondary N) is 24. The van der Waals surface area contributed by atoms with Crippen molar-refractivity contribution < 1.29 is 125 Å². The first-order valence-corrected chi connectivity index (χ1v) is 48.4. The first-order valence-electron chi connectivity index (χ1n) is 48.4. The summed E-state index contributed by atoms with van der Waals surface area (Å²) in [4.78, 5) is 319. The summed E-state index contributed by atoms with van der Waals surface area (Å²) < 4.78 is 14.1. The van der Waals surface area contributed by atoms with E-state index >= 15 is 14.4 Å². The van der Waals surface area contributed by atoms with E-state index in [1.807, 2.05) is 0 Å². The van der Waals surface area contributed by atoms with Gasteiger partial charge in [0.05, 0.1) is 58.2 Å². The molecule has 42 N–H and O–H groups in total. The van der Waals surface area contributed by atoms with Crippen LogP contribution in [0.25, 0.3) is 0 Å². The third-order valence-electron chi connectivity index (χ3n) is 22.8. The highest BCUT2D eigenvalue weighted by atomic mass is 19.1. The largest absolute Gasteiger partial charge is 0.394 e. The Kier molecular flexibility index (Phi) is 57.3. The van der Waals surface area contributed by atoms with Crippen LogP contribution in [0.5, 0.6) is 0 Å². The zero-order chi connectivity index (χ0) is 110. The normalized spacial score (nSPS) is 20.3. The summed E-state index contributed by atoms with van der Waals surface area (Å²) >= 11 is 0. The molecule has 2 aliphatic rings. The van der Waals surface area contributed by atoms with Crippen molar-refractivity contribution in [1.29, 1.82) is 10.8 Å². The van der Waals surface area contributed by atoms with Crippen LogP contribution in [0.1, 0.15) is 177 Å². The molecule has 2 aromatic carbocycles. The number of carbonyl (C=O) groups excluding carboxylic acids is 23. The van der Waals surface area contributed by atoms with Gasteiger partial charge < -0.3 is 173 Å². The summed E-state index contributed by atoms with van der Waals surface area (Å²) in [5.74, 6) is -26.2. The molecule has 0 spiro atoms. The zero-order valence-electron chi connectivity index (χ0n) is 82.3. The molecule has 23 amide bonds. The Bertz CT molecular complexity index is 4870. The maximum absolute atomic E-state index is 15.1. The maximum Gasteiger partial charge on any atom is 0.251 e. The predicted molar refractivity (Wildman–Crippen MR) is 525 cm³/mol.